The van der Waals surface area contributed by atoms with Gasteiger partial charge in [0.05, 0.1) is 11.0 Å². The van der Waals surface area contributed by atoms with Crippen LogP contribution in [0.3, 0.4) is 0 Å². The lowest BCUT2D eigenvalue weighted by atomic mass is 9.64. The highest BCUT2D eigenvalue weighted by molar-refractivity contribution is 6.69. The van der Waals surface area contributed by atoms with Gasteiger partial charge in [-0.15, -0.1) is 10.9 Å². The van der Waals surface area contributed by atoms with Crippen LogP contribution in [0.4, 0.5) is 0 Å². The molecule has 9 aromatic carbocycles. The maximum absolute atomic E-state index is 7.38. The van der Waals surface area contributed by atoms with Gasteiger partial charge >= 0.3 is 0 Å². The molecule has 266 valence electrons. The van der Waals surface area contributed by atoms with Crippen molar-refractivity contribution in [1.29, 1.82) is 0 Å². The number of fused-ring (bicyclic) bond motifs is 7. The molecule has 2 aromatic heterocycles. The Morgan fingerprint density at radius 1 is 0.295 bits per heavy atom. The van der Waals surface area contributed by atoms with Crippen molar-refractivity contribution in [2.24, 2.45) is 0 Å². The molecule has 11 aromatic rings. The molecule has 0 fully saturated rings. The van der Waals surface area contributed by atoms with E-state index in [4.69, 9.17) is 54.9 Å². The number of nitrogens with zero attached hydrogens (tertiary/aromatic N) is 2. The molecule has 0 atom stereocenters. The Bertz CT molecular complexity index is 3610. The molecule has 2 heterocycles. The molecule has 11 rings (SSSR count). The molecule has 9 heteroatoms. The minimum atomic E-state index is 0.179. The maximum Gasteiger partial charge on any atom is 0.115 e. The van der Waals surface area contributed by atoms with Crippen molar-refractivity contribution in [3.8, 4) is 44.8 Å². The predicted molar refractivity (Wildman–Crippen MR) is 267 cm³/mol. The van der Waals surface area contributed by atoms with Gasteiger partial charge in [0.2, 0.25) is 0 Å². The molecule has 0 saturated heterocycles. The van der Waals surface area contributed by atoms with Crippen molar-refractivity contribution in [1.82, 2.24) is 9.13 Å². The van der Waals surface area contributed by atoms with Crippen LogP contribution in [0.15, 0.2) is 164 Å². The smallest absolute Gasteiger partial charge is 0.115 e. The number of aromatic nitrogens is 2. The fourth-order valence-corrected chi connectivity index (χ4v) is 9.30. The average molecular weight is 755 g/mol. The van der Waals surface area contributed by atoms with Crippen LogP contribution < -0.4 is 38.2 Å². The first-order chi connectivity index (χ1) is 29.7. The van der Waals surface area contributed by atoms with Crippen molar-refractivity contribution in [2.75, 3.05) is 0 Å². The molecule has 0 unspecified atom stereocenters. The summed E-state index contributed by atoms with van der Waals surface area (Å²) in [6.45, 7) is 0. The predicted octanol–water partition coefficient (Wildman–Crippen LogP) is 5.59. The monoisotopic (exact) mass is 756 g/mol. The van der Waals surface area contributed by atoms with Gasteiger partial charge in [0.25, 0.3) is 0 Å². The standard InChI is InChI=1S/C52H27B7N2/c53-44-41(45(54)49(58)51-42(44)43-46(55)47(56)48(57)50(59)52(43)61(51)36-21-18-30-14-7-8-15-31(30)25-36)34-20-23-40-38(27-34)37-26-33(29-12-5-2-6-13-29)19-22-39(37)60(40)35-17-9-16-32(24-35)28-10-3-1-4-11-28/h1-27H. The Morgan fingerprint density at radius 3 is 1.48 bits per heavy atom. The molecular formula is C52H27B7N2. The molecule has 0 aliphatic rings. The molecule has 0 aliphatic heterocycles. The normalized spacial score (nSPS) is 11.7. The first-order valence-electron chi connectivity index (χ1n) is 20.0. The van der Waals surface area contributed by atoms with E-state index in [1.807, 2.05) is 41.0 Å². The van der Waals surface area contributed by atoms with Gasteiger partial charge in [-0.3, -0.25) is 0 Å². The van der Waals surface area contributed by atoms with E-state index in [1.165, 1.54) is 0 Å². The van der Waals surface area contributed by atoms with Crippen LogP contribution in [-0.4, -0.2) is 64.1 Å². The van der Waals surface area contributed by atoms with E-state index >= 15 is 0 Å². The second-order valence-electron chi connectivity index (χ2n) is 15.7. The molecule has 0 spiro atoms. The van der Waals surface area contributed by atoms with Crippen molar-refractivity contribution in [2.45, 2.75) is 0 Å². The summed E-state index contributed by atoms with van der Waals surface area (Å²) < 4.78 is 4.27. The van der Waals surface area contributed by atoms with E-state index in [2.05, 4.69) is 132 Å². The zero-order valence-electron chi connectivity index (χ0n) is 33.0. The Balaban J connectivity index is 1.20. The fourth-order valence-electron chi connectivity index (χ4n) is 9.30. The summed E-state index contributed by atoms with van der Waals surface area (Å²) in [5, 5.41) is 5.34. The van der Waals surface area contributed by atoms with E-state index < -0.39 is 0 Å². The summed E-state index contributed by atoms with van der Waals surface area (Å²) in [5.41, 5.74) is 12.8. The number of hydrogen-bond donors (Lipinski definition) is 0. The van der Waals surface area contributed by atoms with Crippen LogP contribution in [-0.2, 0) is 0 Å². The fraction of sp³-hybridized carbons (Fsp3) is 0. The maximum atomic E-state index is 7.38. The van der Waals surface area contributed by atoms with Gasteiger partial charge in [0, 0.05) is 38.6 Å². The summed E-state index contributed by atoms with van der Waals surface area (Å²) in [6.07, 6.45) is 0. The minimum Gasteiger partial charge on any atom is -0.311 e. The lowest BCUT2D eigenvalue weighted by molar-refractivity contribution is 1.18. The third-order valence-corrected chi connectivity index (χ3v) is 12.3. The largest absolute Gasteiger partial charge is 0.311 e. The van der Waals surface area contributed by atoms with Gasteiger partial charge < -0.3 is 9.13 Å². The van der Waals surface area contributed by atoms with Crippen molar-refractivity contribution in [3.05, 3.63) is 164 Å². The molecular weight excluding hydrogens is 728 g/mol. The molecule has 0 amide bonds. The molecule has 14 radical (unpaired) electrons. The van der Waals surface area contributed by atoms with Crippen molar-refractivity contribution in [3.63, 3.8) is 0 Å². The Morgan fingerprint density at radius 2 is 0.803 bits per heavy atom. The molecule has 0 aliphatic carbocycles. The Hall–Kier alpha value is -6.71. The van der Waals surface area contributed by atoms with E-state index in [1.54, 1.807) is 0 Å². The van der Waals surface area contributed by atoms with Gasteiger partial charge in [-0.1, -0.05) is 143 Å². The third-order valence-electron chi connectivity index (χ3n) is 12.3. The highest BCUT2D eigenvalue weighted by Gasteiger charge is 2.25. The Kier molecular flexibility index (Phi) is 8.69. The molecule has 0 N–H and O–H groups in total. The third kappa shape index (κ3) is 5.67. The van der Waals surface area contributed by atoms with Crippen molar-refractivity contribution >= 4 is 148 Å². The van der Waals surface area contributed by atoms with E-state index in [-0.39, 0.29) is 21.9 Å². The van der Waals surface area contributed by atoms with E-state index in [0.717, 1.165) is 71.8 Å². The summed E-state index contributed by atoms with van der Waals surface area (Å²) >= 11 is 0. The number of rotatable bonds is 5. The van der Waals surface area contributed by atoms with Gasteiger partial charge in [-0.25, -0.2) is 0 Å². The van der Waals surface area contributed by atoms with Crippen LogP contribution >= 0.6 is 0 Å². The first kappa shape index (κ1) is 37.3. The Labute approximate surface area is 363 Å². The van der Waals surface area contributed by atoms with Crippen LogP contribution in [0.5, 0.6) is 0 Å². The van der Waals surface area contributed by atoms with Gasteiger partial charge in [-0.05, 0) is 98.1 Å². The lowest BCUT2D eigenvalue weighted by Gasteiger charge is -2.19. The average Bonchev–Trinajstić information content (AvgIpc) is 3.84. The number of hydrogen-bond acceptors (Lipinski definition) is 0. The van der Waals surface area contributed by atoms with Gasteiger partial charge in [0.1, 0.15) is 54.9 Å². The van der Waals surface area contributed by atoms with Crippen molar-refractivity contribution < 1.29 is 0 Å². The van der Waals surface area contributed by atoms with E-state index in [9.17, 15) is 0 Å². The molecule has 2 nitrogen and oxygen atoms in total. The van der Waals surface area contributed by atoms with Crippen LogP contribution in [0.2, 0.25) is 0 Å². The van der Waals surface area contributed by atoms with Crippen LogP contribution in [0.1, 0.15) is 0 Å². The zero-order valence-corrected chi connectivity index (χ0v) is 33.0. The second kappa shape index (κ2) is 14.2. The zero-order chi connectivity index (χ0) is 41.7. The molecule has 0 saturated carbocycles. The molecule has 0 bridgehead atoms. The summed E-state index contributed by atoms with van der Waals surface area (Å²) in [5.74, 6) is 0. The van der Waals surface area contributed by atoms with Crippen LogP contribution in [0.25, 0.3) is 99.1 Å². The highest BCUT2D eigenvalue weighted by atomic mass is 15.0. The number of benzene rings is 9. The van der Waals surface area contributed by atoms with E-state index in [0.29, 0.717) is 43.8 Å². The minimum absolute atomic E-state index is 0.179. The lowest BCUT2D eigenvalue weighted by Crippen LogP contribution is -2.48. The second-order valence-corrected chi connectivity index (χ2v) is 15.7. The van der Waals surface area contributed by atoms with Gasteiger partial charge in [0.15, 0.2) is 0 Å². The SMILES string of the molecule is [B]c1c([B])c([B])c2c(c1[B])c1c([B])c(-c3ccc4c(c3)c3cc(-c5ccccc5)ccc3n4-c3cccc(-c4ccccc4)c3)c([B])c([B])c1n2-c1ccc2ccccc2c1. The summed E-state index contributed by atoms with van der Waals surface area (Å²) in [4.78, 5) is 0. The van der Waals surface area contributed by atoms with Gasteiger partial charge in [-0.2, -0.15) is 0 Å². The van der Waals surface area contributed by atoms with Crippen LogP contribution in [0, 0.1) is 0 Å². The summed E-state index contributed by atoms with van der Waals surface area (Å²) in [6, 6.07) is 56.7. The topological polar surface area (TPSA) is 9.86 Å². The highest BCUT2D eigenvalue weighted by Crippen LogP contribution is 2.38. The summed E-state index contributed by atoms with van der Waals surface area (Å²) in [7, 11) is 48.6. The quantitative estimate of drug-likeness (QED) is 0.203. The first-order valence-corrected chi connectivity index (χ1v) is 20.0. The molecule has 61 heavy (non-hydrogen) atoms.